The summed E-state index contributed by atoms with van der Waals surface area (Å²) in [6, 6.07) is 10.0. The first-order valence-electron chi connectivity index (χ1n) is 7.70. The van der Waals surface area contributed by atoms with Crippen molar-refractivity contribution in [2.45, 2.75) is 31.7 Å². The van der Waals surface area contributed by atoms with Crippen molar-refractivity contribution in [3.63, 3.8) is 0 Å². The van der Waals surface area contributed by atoms with E-state index < -0.39 is 0 Å². The smallest absolute Gasteiger partial charge is 0.318 e. The summed E-state index contributed by atoms with van der Waals surface area (Å²) in [4.78, 5) is 14.3. The van der Waals surface area contributed by atoms with Crippen LogP contribution in [0.25, 0.3) is 0 Å². The minimum atomic E-state index is -0.0551. The molecule has 2 aromatic rings. The van der Waals surface area contributed by atoms with Crippen LogP contribution in [0.4, 0.5) is 4.79 Å². The van der Waals surface area contributed by atoms with E-state index in [1.807, 2.05) is 23.1 Å². The fourth-order valence-corrected chi connectivity index (χ4v) is 2.85. The van der Waals surface area contributed by atoms with Crippen molar-refractivity contribution in [1.82, 2.24) is 20.6 Å². The highest BCUT2D eigenvalue weighted by Crippen LogP contribution is 2.30. The fraction of sp³-hybridized carbons (Fsp3) is 0.438. The van der Waals surface area contributed by atoms with Gasteiger partial charge in [0, 0.05) is 18.4 Å². The highest BCUT2D eigenvalue weighted by Gasteiger charge is 2.30. The Morgan fingerprint density at radius 1 is 1.32 bits per heavy atom. The quantitative estimate of drug-likeness (QED) is 0.942. The Bertz CT molecular complexity index is 585. The number of hydrogen-bond donors (Lipinski definition) is 1. The van der Waals surface area contributed by atoms with E-state index >= 15 is 0 Å². The summed E-state index contributed by atoms with van der Waals surface area (Å²) in [5, 5.41) is 10.2. The van der Waals surface area contributed by atoms with Crippen LogP contribution in [0, 0.1) is 0 Å². The van der Waals surface area contributed by atoms with Crippen molar-refractivity contribution < 1.29 is 9.32 Å². The number of benzene rings is 1. The number of carbonyl (C=O) groups excluding carboxylic acids is 1. The minimum absolute atomic E-state index is 0.0444. The van der Waals surface area contributed by atoms with Crippen molar-refractivity contribution in [1.29, 1.82) is 0 Å². The number of piperidine rings is 1. The molecule has 0 bridgehead atoms. The van der Waals surface area contributed by atoms with Crippen molar-refractivity contribution in [3.05, 3.63) is 47.9 Å². The summed E-state index contributed by atoms with van der Waals surface area (Å²) in [5.41, 5.74) is 1.22. The number of rotatable bonds is 4. The van der Waals surface area contributed by atoms with Gasteiger partial charge in [0.05, 0.1) is 12.2 Å². The minimum Gasteiger partial charge on any atom is -0.340 e. The van der Waals surface area contributed by atoms with Crippen LogP contribution in [0.2, 0.25) is 0 Å². The lowest BCUT2D eigenvalue weighted by Crippen LogP contribution is -2.45. The zero-order chi connectivity index (χ0) is 15.2. The molecule has 2 amide bonds. The molecular weight excluding hydrogens is 280 g/mol. The largest absolute Gasteiger partial charge is 0.340 e. The lowest BCUT2D eigenvalue weighted by Gasteiger charge is -2.33. The molecule has 2 heterocycles. The number of amides is 2. The number of hydrogen-bond acceptors (Lipinski definition) is 4. The Kier molecular flexibility index (Phi) is 4.68. The molecule has 3 rings (SSSR count). The Hall–Kier alpha value is -2.37. The van der Waals surface area contributed by atoms with Crippen molar-refractivity contribution in [2.24, 2.45) is 0 Å². The van der Waals surface area contributed by atoms with Crippen LogP contribution < -0.4 is 5.32 Å². The van der Waals surface area contributed by atoms with Gasteiger partial charge in [-0.05, 0) is 31.2 Å². The van der Waals surface area contributed by atoms with E-state index in [2.05, 4.69) is 27.8 Å². The summed E-state index contributed by atoms with van der Waals surface area (Å²) < 4.78 is 5.14. The van der Waals surface area contributed by atoms with Gasteiger partial charge in [-0.1, -0.05) is 30.3 Å². The van der Waals surface area contributed by atoms with Gasteiger partial charge in [-0.25, -0.2) is 4.79 Å². The summed E-state index contributed by atoms with van der Waals surface area (Å²) >= 11 is 0. The van der Waals surface area contributed by atoms with Crippen LogP contribution in [-0.2, 0) is 6.42 Å². The maximum Gasteiger partial charge on any atom is 0.318 e. The third kappa shape index (κ3) is 3.44. The molecule has 0 saturated carbocycles. The predicted molar refractivity (Wildman–Crippen MR) is 81.1 cm³/mol. The molecule has 0 spiro atoms. The number of carbonyl (C=O) groups is 1. The van der Waals surface area contributed by atoms with Crippen LogP contribution in [0.3, 0.4) is 0 Å². The Morgan fingerprint density at radius 2 is 2.18 bits per heavy atom. The van der Waals surface area contributed by atoms with Crippen LogP contribution in [-0.4, -0.2) is 34.4 Å². The van der Waals surface area contributed by atoms with Gasteiger partial charge in [0.25, 0.3) is 0 Å². The van der Waals surface area contributed by atoms with Gasteiger partial charge in [0.1, 0.15) is 0 Å². The average molecular weight is 300 g/mol. The first-order valence-corrected chi connectivity index (χ1v) is 7.70. The SMILES string of the molecule is O=C(NCCc1ccccc1)N1CCCCC1c1cnno1. The standard InChI is InChI=1S/C16H20N4O2/c21-16(17-10-9-13-6-2-1-3-7-13)20-11-5-4-8-14(20)15-12-18-19-22-15/h1-3,6-7,12,14H,4-5,8-11H2,(H,17,21). The normalized spacial score (nSPS) is 18.2. The first kappa shape index (κ1) is 14.6. The average Bonchev–Trinajstić information content (AvgIpc) is 3.10. The molecule has 6 heteroatoms. The predicted octanol–water partition coefficient (Wildman–Crippen LogP) is 2.55. The maximum atomic E-state index is 12.4. The highest BCUT2D eigenvalue weighted by atomic mass is 16.5. The molecule has 1 aliphatic heterocycles. The number of nitrogens with zero attached hydrogens (tertiary/aromatic N) is 3. The third-order valence-electron chi connectivity index (χ3n) is 4.00. The maximum absolute atomic E-state index is 12.4. The molecule has 1 aromatic carbocycles. The van der Waals surface area contributed by atoms with Crippen molar-refractivity contribution >= 4 is 6.03 Å². The molecule has 1 unspecified atom stereocenters. The number of likely N-dealkylation sites (tertiary alicyclic amines) is 1. The van der Waals surface area contributed by atoms with E-state index in [0.29, 0.717) is 12.3 Å². The van der Waals surface area contributed by atoms with E-state index in [4.69, 9.17) is 4.52 Å². The molecule has 0 radical (unpaired) electrons. The lowest BCUT2D eigenvalue weighted by atomic mass is 10.0. The molecule has 6 nitrogen and oxygen atoms in total. The molecule has 116 valence electrons. The molecule has 1 N–H and O–H groups in total. The van der Waals surface area contributed by atoms with Crippen LogP contribution in [0.5, 0.6) is 0 Å². The zero-order valence-electron chi connectivity index (χ0n) is 12.4. The van der Waals surface area contributed by atoms with E-state index in [1.165, 1.54) is 5.56 Å². The van der Waals surface area contributed by atoms with Gasteiger partial charge in [0.2, 0.25) is 0 Å². The van der Waals surface area contributed by atoms with Gasteiger partial charge in [-0.3, -0.25) is 0 Å². The summed E-state index contributed by atoms with van der Waals surface area (Å²) in [7, 11) is 0. The summed E-state index contributed by atoms with van der Waals surface area (Å²) in [6.07, 6.45) is 5.42. The Balaban J connectivity index is 1.56. The summed E-state index contributed by atoms with van der Waals surface area (Å²) in [5.74, 6) is 0.665. The van der Waals surface area contributed by atoms with E-state index in [1.54, 1.807) is 6.20 Å². The Morgan fingerprint density at radius 3 is 2.95 bits per heavy atom. The molecule has 1 atom stereocenters. The van der Waals surface area contributed by atoms with Gasteiger partial charge in [-0.2, -0.15) is 0 Å². The van der Waals surface area contributed by atoms with Crippen LogP contribution >= 0.6 is 0 Å². The molecular formula is C16H20N4O2. The number of aromatic nitrogens is 2. The Labute approximate surface area is 129 Å². The molecule has 0 aliphatic carbocycles. The third-order valence-corrected chi connectivity index (χ3v) is 4.00. The van der Waals surface area contributed by atoms with Crippen LogP contribution in [0.15, 0.2) is 41.1 Å². The zero-order valence-corrected chi connectivity index (χ0v) is 12.4. The number of nitrogens with one attached hydrogen (secondary N) is 1. The van der Waals surface area contributed by atoms with E-state index in [-0.39, 0.29) is 12.1 Å². The monoisotopic (exact) mass is 300 g/mol. The molecule has 1 aliphatic rings. The first-order chi connectivity index (χ1) is 10.8. The lowest BCUT2D eigenvalue weighted by molar-refractivity contribution is 0.135. The van der Waals surface area contributed by atoms with E-state index in [0.717, 1.165) is 32.2 Å². The second kappa shape index (κ2) is 7.06. The second-order valence-corrected chi connectivity index (χ2v) is 5.49. The molecule has 1 fully saturated rings. The van der Waals surface area contributed by atoms with Gasteiger partial charge >= 0.3 is 6.03 Å². The van der Waals surface area contributed by atoms with Crippen LogP contribution in [0.1, 0.15) is 36.6 Å². The number of urea groups is 1. The molecule has 22 heavy (non-hydrogen) atoms. The van der Waals surface area contributed by atoms with E-state index in [9.17, 15) is 4.79 Å². The summed E-state index contributed by atoms with van der Waals surface area (Å²) in [6.45, 7) is 1.36. The fourth-order valence-electron chi connectivity index (χ4n) is 2.85. The highest BCUT2D eigenvalue weighted by molar-refractivity contribution is 5.74. The topological polar surface area (TPSA) is 71.3 Å². The molecule has 1 aromatic heterocycles. The van der Waals surface area contributed by atoms with Crippen molar-refractivity contribution in [2.75, 3.05) is 13.1 Å². The van der Waals surface area contributed by atoms with Gasteiger partial charge in [0.15, 0.2) is 5.76 Å². The van der Waals surface area contributed by atoms with Crippen molar-refractivity contribution in [3.8, 4) is 0 Å². The van der Waals surface area contributed by atoms with Gasteiger partial charge in [-0.15, -0.1) is 5.10 Å². The second-order valence-electron chi connectivity index (χ2n) is 5.49. The van der Waals surface area contributed by atoms with Gasteiger partial charge < -0.3 is 14.7 Å². The molecule has 1 saturated heterocycles.